The van der Waals surface area contributed by atoms with Gasteiger partial charge in [0.15, 0.2) is 0 Å². The lowest BCUT2D eigenvalue weighted by molar-refractivity contribution is 0.180. The number of carbonyl (C=O) groups is 1. The van der Waals surface area contributed by atoms with Gasteiger partial charge >= 0.3 is 6.09 Å². The Kier molecular flexibility index (Phi) is 4.06. The van der Waals surface area contributed by atoms with Crippen molar-refractivity contribution in [1.29, 1.82) is 0 Å². The molecule has 0 aromatic heterocycles. The number of carbonyl (C=O) groups excluding carboxylic acids is 1. The summed E-state index contributed by atoms with van der Waals surface area (Å²) in [6, 6.07) is 6.12. The van der Waals surface area contributed by atoms with Crippen LogP contribution in [0.15, 0.2) is 23.2 Å². The molecule has 0 fully saturated rings. The maximum Gasteiger partial charge on any atom is 0.413 e. The quantitative estimate of drug-likeness (QED) is 0.664. The number of fused-ring (bicyclic) bond motifs is 1. The average Bonchev–Trinajstić information content (AvgIpc) is 2.79. The first-order valence-corrected chi connectivity index (χ1v) is 6.71. The van der Waals surface area contributed by atoms with E-state index in [1.54, 1.807) is 7.05 Å². The van der Waals surface area contributed by atoms with Crippen LogP contribution in [0, 0.1) is 0 Å². The number of methoxy groups -OCH3 is 2. The molecule has 1 aromatic carbocycles. The molecule has 6 heteroatoms. The molecule has 0 saturated carbocycles. The number of nitrogens with two attached hydrogens (primary N) is 1. The normalized spacial score (nSPS) is 20.9. The Morgan fingerprint density at radius 3 is 2.57 bits per heavy atom. The molecular weight excluding hydrogens is 270 g/mol. The molecule has 0 radical (unpaired) electrons. The first kappa shape index (κ1) is 15.2. The minimum Gasteiger partial charge on any atom is -0.469 e. The number of aliphatic imine (C=N–C) groups is 1. The van der Waals surface area contributed by atoms with Crippen molar-refractivity contribution in [2.45, 2.75) is 25.3 Å². The van der Waals surface area contributed by atoms with Crippen LogP contribution in [0.5, 0.6) is 0 Å². The summed E-state index contributed by atoms with van der Waals surface area (Å²) in [7, 11) is 4.56. The molecular formula is C15H21N3O3. The van der Waals surface area contributed by atoms with Gasteiger partial charge in [-0.1, -0.05) is 6.07 Å². The Labute approximate surface area is 124 Å². The highest BCUT2D eigenvalue weighted by molar-refractivity contribution is 5.87. The first-order chi connectivity index (χ1) is 9.88. The number of ether oxygens (including phenoxy) is 2. The zero-order valence-electron chi connectivity index (χ0n) is 12.8. The maximum atomic E-state index is 11.6. The van der Waals surface area contributed by atoms with Crippen LogP contribution in [0.2, 0.25) is 0 Å². The van der Waals surface area contributed by atoms with Gasteiger partial charge in [0.2, 0.25) is 0 Å². The molecule has 1 amide bonds. The number of hydrogen-bond donors (Lipinski definition) is 1. The Hall–Kier alpha value is -2.24. The molecule has 1 atom stereocenters. The van der Waals surface area contributed by atoms with E-state index >= 15 is 0 Å². The van der Waals surface area contributed by atoms with Crippen LogP contribution in [0.4, 0.5) is 10.5 Å². The van der Waals surface area contributed by atoms with Gasteiger partial charge in [-0.15, -0.1) is 0 Å². The molecule has 1 unspecified atom stereocenters. The zero-order chi connectivity index (χ0) is 15.6. The van der Waals surface area contributed by atoms with Gasteiger partial charge in [-0.2, -0.15) is 0 Å². The minimum absolute atomic E-state index is 0.192. The maximum absolute atomic E-state index is 11.6. The average molecular weight is 291 g/mol. The molecule has 2 rings (SSSR count). The summed E-state index contributed by atoms with van der Waals surface area (Å²) < 4.78 is 9.67. The summed E-state index contributed by atoms with van der Waals surface area (Å²) in [4.78, 5) is 17.5. The van der Waals surface area contributed by atoms with Gasteiger partial charge in [0.05, 0.1) is 19.8 Å². The summed E-state index contributed by atoms with van der Waals surface area (Å²) in [5.41, 5.74) is 8.55. The fourth-order valence-electron chi connectivity index (χ4n) is 2.67. The Balaban J connectivity index is 2.25. The lowest BCUT2D eigenvalue weighted by Gasteiger charge is -2.18. The third-order valence-electron chi connectivity index (χ3n) is 3.76. The van der Waals surface area contributed by atoms with Gasteiger partial charge in [-0.05, 0) is 43.0 Å². The second kappa shape index (κ2) is 5.63. The second-order valence-corrected chi connectivity index (χ2v) is 5.49. The molecule has 0 aliphatic heterocycles. The van der Waals surface area contributed by atoms with Crippen molar-refractivity contribution < 1.29 is 14.3 Å². The van der Waals surface area contributed by atoms with Crippen LogP contribution < -0.4 is 10.6 Å². The first-order valence-electron chi connectivity index (χ1n) is 6.71. The summed E-state index contributed by atoms with van der Waals surface area (Å²) in [6.45, 7) is 2.04. The third-order valence-corrected chi connectivity index (χ3v) is 3.76. The van der Waals surface area contributed by atoms with Crippen LogP contribution in [-0.4, -0.2) is 38.9 Å². The summed E-state index contributed by atoms with van der Waals surface area (Å²) in [6.07, 6.45) is 1.17. The molecule has 1 aliphatic rings. The Bertz CT molecular complexity index is 586. The van der Waals surface area contributed by atoms with Crippen LogP contribution in [0.3, 0.4) is 0 Å². The summed E-state index contributed by atoms with van der Waals surface area (Å²) in [5, 5.41) is 0. The molecule has 114 valence electrons. The monoisotopic (exact) mass is 291 g/mol. The van der Waals surface area contributed by atoms with Crippen molar-refractivity contribution >= 4 is 17.8 Å². The molecule has 6 nitrogen and oxygen atoms in total. The predicted molar refractivity (Wildman–Crippen MR) is 81.7 cm³/mol. The van der Waals surface area contributed by atoms with E-state index in [0.717, 1.165) is 18.5 Å². The topological polar surface area (TPSA) is 77.2 Å². The van der Waals surface area contributed by atoms with Gasteiger partial charge < -0.3 is 15.2 Å². The van der Waals surface area contributed by atoms with Crippen molar-refractivity contribution in [2.24, 2.45) is 10.7 Å². The van der Waals surface area contributed by atoms with Crippen LogP contribution in [-0.2, 0) is 22.3 Å². The highest BCUT2D eigenvalue weighted by atomic mass is 16.5. The summed E-state index contributed by atoms with van der Waals surface area (Å²) >= 11 is 0. The molecule has 0 bridgehead atoms. The number of anilines is 1. The van der Waals surface area contributed by atoms with Crippen molar-refractivity contribution in [3.8, 4) is 0 Å². The van der Waals surface area contributed by atoms with Gasteiger partial charge in [-0.3, -0.25) is 4.90 Å². The predicted octanol–water partition coefficient (Wildman–Crippen LogP) is 1.71. The minimum atomic E-state index is -0.391. The third kappa shape index (κ3) is 3.09. The molecule has 0 heterocycles. The molecule has 0 saturated heterocycles. The van der Waals surface area contributed by atoms with Gasteiger partial charge in [0.1, 0.15) is 0 Å². The van der Waals surface area contributed by atoms with E-state index in [0.29, 0.717) is 0 Å². The second-order valence-electron chi connectivity index (χ2n) is 5.49. The van der Waals surface area contributed by atoms with Crippen LogP contribution in [0.25, 0.3) is 0 Å². The number of amidine groups is 1. The standard InChI is InChI=1S/C15H21N3O3/c1-15(17-13(16)20-3)8-10-5-6-12(7-11(10)9-15)18(2)14(19)21-4/h5-7H,8-9H2,1-4H3,(H2,16,17). The Morgan fingerprint density at radius 1 is 1.29 bits per heavy atom. The van der Waals surface area contributed by atoms with Gasteiger partial charge in [0.25, 0.3) is 6.02 Å². The van der Waals surface area contributed by atoms with E-state index in [4.69, 9.17) is 15.2 Å². The lowest BCUT2D eigenvalue weighted by Crippen LogP contribution is -2.28. The zero-order valence-corrected chi connectivity index (χ0v) is 12.8. The lowest BCUT2D eigenvalue weighted by atomic mass is 10.00. The Morgan fingerprint density at radius 2 is 1.95 bits per heavy atom. The SMILES string of the molecule is COC(=O)N(C)c1ccc2c(c1)CC(C)(N=C(N)OC)C2. The van der Waals surface area contributed by atoms with E-state index < -0.39 is 6.09 Å². The van der Waals surface area contributed by atoms with Gasteiger partial charge in [-0.25, -0.2) is 9.79 Å². The van der Waals surface area contributed by atoms with Crippen molar-refractivity contribution in [3.63, 3.8) is 0 Å². The summed E-state index contributed by atoms with van der Waals surface area (Å²) in [5.74, 6) is 0. The number of nitrogens with zero attached hydrogens (tertiary/aromatic N) is 2. The largest absolute Gasteiger partial charge is 0.469 e. The number of benzene rings is 1. The smallest absolute Gasteiger partial charge is 0.413 e. The fourth-order valence-corrected chi connectivity index (χ4v) is 2.67. The van der Waals surface area contributed by atoms with E-state index in [-0.39, 0.29) is 11.6 Å². The van der Waals surface area contributed by atoms with Crippen LogP contribution >= 0.6 is 0 Å². The van der Waals surface area contributed by atoms with Crippen molar-refractivity contribution in [2.75, 3.05) is 26.2 Å². The highest BCUT2D eigenvalue weighted by Gasteiger charge is 2.33. The number of hydrogen-bond acceptors (Lipinski definition) is 4. The van der Waals surface area contributed by atoms with E-state index in [2.05, 4.69) is 4.99 Å². The van der Waals surface area contributed by atoms with Crippen molar-refractivity contribution in [1.82, 2.24) is 0 Å². The molecule has 2 N–H and O–H groups in total. The molecule has 0 spiro atoms. The molecule has 1 aliphatic carbocycles. The van der Waals surface area contributed by atoms with Gasteiger partial charge in [0, 0.05) is 12.7 Å². The fraction of sp³-hybridized carbons (Fsp3) is 0.467. The molecule has 1 aromatic rings. The highest BCUT2D eigenvalue weighted by Crippen LogP contribution is 2.35. The number of rotatable bonds is 2. The van der Waals surface area contributed by atoms with Crippen molar-refractivity contribution in [3.05, 3.63) is 29.3 Å². The van der Waals surface area contributed by atoms with E-state index in [9.17, 15) is 4.79 Å². The molecule has 21 heavy (non-hydrogen) atoms. The van der Waals surface area contributed by atoms with Crippen LogP contribution in [0.1, 0.15) is 18.1 Å². The van der Waals surface area contributed by atoms with E-state index in [1.165, 1.54) is 30.2 Å². The van der Waals surface area contributed by atoms with E-state index in [1.807, 2.05) is 25.1 Å². The number of amides is 1.